The molecule has 0 atom stereocenters. The molecular weight excluding hydrogens is 358 g/mol. The topological polar surface area (TPSA) is 70.2 Å². The zero-order valence-corrected chi connectivity index (χ0v) is 18.0. The van der Waals surface area contributed by atoms with Crippen molar-refractivity contribution >= 4 is 22.7 Å². The van der Waals surface area contributed by atoms with E-state index in [9.17, 15) is 14.7 Å². The van der Waals surface area contributed by atoms with Gasteiger partial charge in [0, 0.05) is 34.9 Å². The predicted octanol–water partition coefficient (Wildman–Crippen LogP) is 5.58. The average molecular weight is 388 g/mol. The van der Waals surface area contributed by atoms with E-state index >= 15 is 0 Å². The molecule has 1 heterocycles. The number of phenolic OH excluding ortho intramolecular Hbond substituents is 1. The van der Waals surface area contributed by atoms with Gasteiger partial charge in [-0.3, -0.25) is 9.59 Å². The van der Waals surface area contributed by atoms with Gasteiger partial charge in [-0.25, -0.2) is 0 Å². The molecule has 2 rings (SSSR count). The minimum Gasteiger partial charge on any atom is -0.507 e. The van der Waals surface area contributed by atoms with Crippen LogP contribution in [0.4, 0.5) is 0 Å². The van der Waals surface area contributed by atoms with Gasteiger partial charge in [-0.1, -0.05) is 48.5 Å². The highest BCUT2D eigenvalue weighted by atomic mass is 32.2. The molecular formula is C22H29NO3S. The molecule has 0 saturated carbocycles. The molecule has 0 saturated heterocycles. The summed E-state index contributed by atoms with van der Waals surface area (Å²) in [6.07, 6.45) is 2.07. The largest absolute Gasteiger partial charge is 0.507 e. The van der Waals surface area contributed by atoms with E-state index in [1.165, 1.54) is 0 Å². The second-order valence-corrected chi connectivity index (χ2v) is 9.93. The molecule has 0 aliphatic rings. The van der Waals surface area contributed by atoms with Crippen molar-refractivity contribution < 1.29 is 14.7 Å². The standard InChI is InChI=1S/C22H29NO3S/c1-8-18(24)27-17-11-14(12-23-17)19(25)13-9-15(21(2,3)4)20(26)16(10-13)22(5,6)7/h9-12,23,26H,8H2,1-7H3. The Bertz CT molecular complexity index is 831. The van der Waals surface area contributed by atoms with Gasteiger partial charge < -0.3 is 10.1 Å². The van der Waals surface area contributed by atoms with Crippen LogP contribution in [0.3, 0.4) is 0 Å². The first-order chi connectivity index (χ1) is 12.3. The average Bonchev–Trinajstić information content (AvgIpc) is 3.00. The number of hydrogen-bond acceptors (Lipinski definition) is 4. The van der Waals surface area contributed by atoms with Gasteiger partial charge in [0.1, 0.15) is 5.75 Å². The van der Waals surface area contributed by atoms with E-state index in [-0.39, 0.29) is 27.5 Å². The Morgan fingerprint density at radius 2 is 1.48 bits per heavy atom. The third-order valence-electron chi connectivity index (χ3n) is 4.42. The van der Waals surface area contributed by atoms with Crippen LogP contribution in [0.1, 0.15) is 81.9 Å². The van der Waals surface area contributed by atoms with Crippen molar-refractivity contribution in [2.45, 2.75) is 70.7 Å². The zero-order valence-electron chi connectivity index (χ0n) is 17.2. The summed E-state index contributed by atoms with van der Waals surface area (Å²) in [5, 5.41) is 11.5. The second kappa shape index (κ2) is 7.55. The van der Waals surface area contributed by atoms with E-state index in [1.807, 2.05) is 48.5 Å². The monoisotopic (exact) mass is 387 g/mol. The number of thioether (sulfide) groups is 1. The predicted molar refractivity (Wildman–Crippen MR) is 111 cm³/mol. The van der Waals surface area contributed by atoms with Crippen molar-refractivity contribution in [2.24, 2.45) is 0 Å². The summed E-state index contributed by atoms with van der Waals surface area (Å²) in [7, 11) is 0. The molecule has 0 aliphatic heterocycles. The van der Waals surface area contributed by atoms with Gasteiger partial charge in [0.25, 0.3) is 0 Å². The molecule has 27 heavy (non-hydrogen) atoms. The number of nitrogens with one attached hydrogen (secondary N) is 1. The van der Waals surface area contributed by atoms with Crippen LogP contribution in [0.2, 0.25) is 0 Å². The number of aromatic hydroxyl groups is 1. The van der Waals surface area contributed by atoms with Crippen LogP contribution in [0.15, 0.2) is 29.4 Å². The number of aromatic amines is 1. The van der Waals surface area contributed by atoms with E-state index < -0.39 is 0 Å². The summed E-state index contributed by atoms with van der Waals surface area (Å²) in [5.74, 6) is 0.128. The number of carbonyl (C=O) groups excluding carboxylic acids is 2. The van der Waals surface area contributed by atoms with Gasteiger partial charge >= 0.3 is 0 Å². The Morgan fingerprint density at radius 1 is 0.963 bits per heavy atom. The van der Waals surface area contributed by atoms with Gasteiger partial charge in [-0.05, 0) is 40.8 Å². The summed E-state index contributed by atoms with van der Waals surface area (Å²) in [5.41, 5.74) is 1.96. The van der Waals surface area contributed by atoms with E-state index in [0.717, 1.165) is 22.9 Å². The van der Waals surface area contributed by atoms with Gasteiger partial charge in [0.15, 0.2) is 10.9 Å². The fourth-order valence-electron chi connectivity index (χ4n) is 2.83. The molecule has 5 heteroatoms. The van der Waals surface area contributed by atoms with E-state index in [1.54, 1.807) is 24.4 Å². The Hall–Kier alpha value is -2.01. The number of H-pyrrole nitrogens is 1. The highest BCUT2D eigenvalue weighted by Gasteiger charge is 2.28. The Morgan fingerprint density at radius 3 is 1.93 bits per heavy atom. The lowest BCUT2D eigenvalue weighted by molar-refractivity contribution is -0.110. The molecule has 2 aromatic rings. The molecule has 0 fully saturated rings. The van der Waals surface area contributed by atoms with Crippen LogP contribution in [0.5, 0.6) is 5.75 Å². The van der Waals surface area contributed by atoms with Crippen LogP contribution >= 0.6 is 11.8 Å². The maximum Gasteiger partial charge on any atom is 0.194 e. The summed E-state index contributed by atoms with van der Waals surface area (Å²) in [6, 6.07) is 5.27. The number of hydrogen-bond donors (Lipinski definition) is 2. The first kappa shape index (κ1) is 21.3. The van der Waals surface area contributed by atoms with Gasteiger partial charge in [-0.15, -0.1) is 0 Å². The Balaban J connectivity index is 2.51. The molecule has 2 N–H and O–H groups in total. The van der Waals surface area contributed by atoms with Crippen LogP contribution in [-0.4, -0.2) is 21.0 Å². The number of benzene rings is 1. The molecule has 0 radical (unpaired) electrons. The van der Waals surface area contributed by atoms with Crippen LogP contribution in [-0.2, 0) is 15.6 Å². The highest BCUT2D eigenvalue weighted by molar-refractivity contribution is 8.13. The highest BCUT2D eigenvalue weighted by Crippen LogP contribution is 2.40. The molecule has 0 amide bonds. The first-order valence-electron chi connectivity index (χ1n) is 9.16. The molecule has 0 unspecified atom stereocenters. The van der Waals surface area contributed by atoms with Gasteiger partial charge in [-0.2, -0.15) is 0 Å². The minimum absolute atomic E-state index is 0.0468. The molecule has 4 nitrogen and oxygen atoms in total. The summed E-state index contributed by atoms with van der Waals surface area (Å²) in [4.78, 5) is 27.7. The van der Waals surface area contributed by atoms with E-state index in [0.29, 0.717) is 22.6 Å². The zero-order chi connectivity index (χ0) is 20.6. The lowest BCUT2D eigenvalue weighted by atomic mass is 9.78. The number of aromatic nitrogens is 1. The third-order valence-corrected chi connectivity index (χ3v) is 5.39. The quantitative estimate of drug-likeness (QED) is 0.531. The smallest absolute Gasteiger partial charge is 0.194 e. The lowest BCUT2D eigenvalue weighted by Crippen LogP contribution is -2.19. The number of phenols is 1. The minimum atomic E-state index is -0.299. The Kier molecular flexibility index (Phi) is 5.95. The van der Waals surface area contributed by atoms with Crippen LogP contribution < -0.4 is 0 Å². The normalized spacial score (nSPS) is 12.3. The van der Waals surface area contributed by atoms with Crippen molar-refractivity contribution in [3.05, 3.63) is 46.6 Å². The molecule has 0 spiro atoms. The van der Waals surface area contributed by atoms with Crippen molar-refractivity contribution in [1.82, 2.24) is 4.98 Å². The fourth-order valence-corrected chi connectivity index (χ4v) is 3.53. The van der Waals surface area contributed by atoms with E-state index in [4.69, 9.17) is 0 Å². The molecule has 0 bridgehead atoms. The lowest BCUT2D eigenvalue weighted by Gasteiger charge is -2.28. The maximum atomic E-state index is 13.1. The van der Waals surface area contributed by atoms with Gasteiger partial charge in [0.2, 0.25) is 0 Å². The SMILES string of the molecule is CCC(=O)Sc1cc(C(=O)c2cc(C(C)(C)C)c(O)c(C(C)(C)C)c2)c[nH]1. The van der Waals surface area contributed by atoms with Gasteiger partial charge in [0.05, 0.1) is 5.03 Å². The van der Waals surface area contributed by atoms with Crippen LogP contribution in [0.25, 0.3) is 0 Å². The maximum absolute atomic E-state index is 13.1. The number of carbonyl (C=O) groups is 2. The summed E-state index contributed by atoms with van der Waals surface area (Å²) in [6.45, 7) is 13.9. The first-order valence-corrected chi connectivity index (χ1v) is 9.98. The molecule has 0 aliphatic carbocycles. The van der Waals surface area contributed by atoms with Crippen molar-refractivity contribution in [2.75, 3.05) is 0 Å². The second-order valence-electron chi connectivity index (χ2n) is 8.83. The van der Waals surface area contributed by atoms with Crippen molar-refractivity contribution in [3.63, 3.8) is 0 Å². The Labute approximate surface area is 165 Å². The number of ketones is 1. The fraction of sp³-hybridized carbons (Fsp3) is 0.455. The summed E-state index contributed by atoms with van der Waals surface area (Å²) < 4.78 is 0. The number of rotatable bonds is 4. The van der Waals surface area contributed by atoms with Crippen molar-refractivity contribution in [3.8, 4) is 5.75 Å². The summed E-state index contributed by atoms with van der Waals surface area (Å²) >= 11 is 1.11. The molecule has 1 aromatic carbocycles. The third kappa shape index (κ3) is 4.83. The van der Waals surface area contributed by atoms with Crippen LogP contribution in [0, 0.1) is 0 Å². The molecule has 1 aromatic heterocycles. The van der Waals surface area contributed by atoms with E-state index in [2.05, 4.69) is 4.98 Å². The van der Waals surface area contributed by atoms with Crippen molar-refractivity contribution in [1.29, 1.82) is 0 Å². The molecule has 146 valence electrons.